The van der Waals surface area contributed by atoms with Crippen LogP contribution in [0.3, 0.4) is 0 Å². The first-order valence-corrected chi connectivity index (χ1v) is 11.6. The first kappa shape index (κ1) is 22.0. The van der Waals surface area contributed by atoms with Crippen LogP contribution in [-0.2, 0) is 30.8 Å². The number of nitrogens with one attached hydrogen (secondary N) is 1. The molecular formula is C19H26ClN3O5S. The summed E-state index contributed by atoms with van der Waals surface area (Å²) < 4.78 is 30.9. The molecule has 0 unspecified atom stereocenters. The van der Waals surface area contributed by atoms with Crippen molar-refractivity contribution in [2.75, 3.05) is 39.1 Å². The molecular weight excluding hydrogens is 418 g/mol. The van der Waals surface area contributed by atoms with Gasteiger partial charge >= 0.3 is 0 Å². The van der Waals surface area contributed by atoms with Crippen molar-refractivity contribution >= 4 is 33.4 Å². The zero-order chi connectivity index (χ0) is 21.0. The number of methoxy groups -OCH3 is 1. The van der Waals surface area contributed by atoms with E-state index in [0.717, 1.165) is 9.87 Å². The van der Waals surface area contributed by atoms with Crippen LogP contribution in [0.2, 0.25) is 5.02 Å². The molecule has 0 aliphatic carbocycles. The van der Waals surface area contributed by atoms with Crippen molar-refractivity contribution in [2.24, 2.45) is 0 Å². The van der Waals surface area contributed by atoms with Gasteiger partial charge in [-0.3, -0.25) is 14.5 Å². The summed E-state index contributed by atoms with van der Waals surface area (Å²) in [7, 11) is -2.09. The highest BCUT2D eigenvalue weighted by Crippen LogP contribution is 2.25. The van der Waals surface area contributed by atoms with Gasteiger partial charge in [0.2, 0.25) is 15.9 Å². The lowest BCUT2D eigenvalue weighted by molar-refractivity contribution is -0.130. The van der Waals surface area contributed by atoms with Gasteiger partial charge in [-0.2, -0.15) is 0 Å². The minimum Gasteiger partial charge on any atom is -0.385 e. The molecule has 2 heterocycles. The lowest BCUT2D eigenvalue weighted by Gasteiger charge is -2.23. The smallest absolute Gasteiger partial charge is 0.253 e. The van der Waals surface area contributed by atoms with E-state index in [9.17, 15) is 18.0 Å². The Morgan fingerprint density at radius 1 is 1.31 bits per heavy atom. The van der Waals surface area contributed by atoms with Crippen molar-refractivity contribution in [3.63, 3.8) is 0 Å². The molecule has 1 aromatic rings. The summed E-state index contributed by atoms with van der Waals surface area (Å²) in [6.45, 7) is 1.25. The number of sulfonamides is 1. The minimum absolute atomic E-state index is 0.104. The minimum atomic E-state index is -3.63. The standard InChI is InChI=1S/C19H26ClN3O5S/c1-28-9-2-7-23-19(25)17-12-16(13-22(17)8-10-29(23,26)27)21-18(24)11-14-3-5-15(20)6-4-14/h3-6,16-17H,2,7-13H2,1H3,(H,21,24)/t16-,17-/m0/s1. The van der Waals surface area contributed by atoms with Crippen molar-refractivity contribution in [1.29, 1.82) is 0 Å². The second-order valence-corrected chi connectivity index (χ2v) is 9.84. The molecule has 1 aromatic carbocycles. The molecule has 2 atom stereocenters. The van der Waals surface area contributed by atoms with Gasteiger partial charge in [0, 0.05) is 44.4 Å². The monoisotopic (exact) mass is 443 g/mol. The van der Waals surface area contributed by atoms with E-state index >= 15 is 0 Å². The molecule has 0 spiro atoms. The lowest BCUT2D eigenvalue weighted by atomic mass is 10.1. The van der Waals surface area contributed by atoms with E-state index < -0.39 is 22.0 Å². The quantitative estimate of drug-likeness (QED) is 0.621. The predicted octanol–water partition coefficient (Wildman–Crippen LogP) is 0.650. The maximum Gasteiger partial charge on any atom is 0.253 e. The summed E-state index contributed by atoms with van der Waals surface area (Å²) in [4.78, 5) is 27.2. The molecule has 0 bridgehead atoms. The van der Waals surface area contributed by atoms with Crippen LogP contribution >= 0.6 is 11.6 Å². The largest absolute Gasteiger partial charge is 0.385 e. The number of carbonyl (C=O) groups is 2. The lowest BCUT2D eigenvalue weighted by Crippen LogP contribution is -2.44. The van der Waals surface area contributed by atoms with Crippen molar-refractivity contribution in [3.05, 3.63) is 34.9 Å². The molecule has 2 aliphatic rings. The highest BCUT2D eigenvalue weighted by molar-refractivity contribution is 7.89. The first-order chi connectivity index (χ1) is 13.8. The summed E-state index contributed by atoms with van der Waals surface area (Å²) in [5.41, 5.74) is 0.853. The Kier molecular flexibility index (Phi) is 7.15. The number of amides is 2. The Labute approximate surface area is 176 Å². The van der Waals surface area contributed by atoms with Gasteiger partial charge < -0.3 is 10.1 Å². The number of ether oxygens (including phenoxy) is 1. The molecule has 0 saturated carbocycles. The van der Waals surface area contributed by atoms with Crippen LogP contribution in [-0.4, -0.2) is 80.6 Å². The van der Waals surface area contributed by atoms with Gasteiger partial charge in [-0.1, -0.05) is 23.7 Å². The maximum absolute atomic E-state index is 12.9. The number of carbonyl (C=O) groups excluding carboxylic acids is 2. The zero-order valence-corrected chi connectivity index (χ0v) is 17.9. The van der Waals surface area contributed by atoms with E-state index in [0.29, 0.717) is 31.0 Å². The zero-order valence-electron chi connectivity index (χ0n) is 16.3. The van der Waals surface area contributed by atoms with Gasteiger partial charge in [-0.15, -0.1) is 0 Å². The van der Waals surface area contributed by atoms with Crippen LogP contribution < -0.4 is 5.32 Å². The van der Waals surface area contributed by atoms with Gasteiger partial charge in [-0.05, 0) is 30.5 Å². The summed E-state index contributed by atoms with van der Waals surface area (Å²) in [5, 5.41) is 3.59. The predicted molar refractivity (Wildman–Crippen MR) is 109 cm³/mol. The van der Waals surface area contributed by atoms with E-state index in [1.165, 1.54) is 7.11 Å². The molecule has 160 valence electrons. The summed E-state index contributed by atoms with van der Waals surface area (Å²) in [6, 6.07) is 6.36. The molecule has 0 radical (unpaired) electrons. The van der Waals surface area contributed by atoms with Gasteiger partial charge in [0.15, 0.2) is 0 Å². The second-order valence-electron chi connectivity index (χ2n) is 7.39. The number of rotatable bonds is 7. The average Bonchev–Trinajstić information content (AvgIpc) is 3.04. The van der Waals surface area contributed by atoms with Crippen molar-refractivity contribution in [1.82, 2.24) is 14.5 Å². The summed E-state index contributed by atoms with van der Waals surface area (Å²) >= 11 is 5.86. The third kappa shape index (κ3) is 5.48. The van der Waals surface area contributed by atoms with Crippen LogP contribution in [0.15, 0.2) is 24.3 Å². The SMILES string of the molecule is COCCCN1C(=O)[C@@H]2C[C@H](NC(=O)Cc3ccc(Cl)cc3)CN2CCS1(=O)=O. The fraction of sp³-hybridized carbons (Fsp3) is 0.579. The van der Waals surface area contributed by atoms with Crippen LogP contribution in [0.4, 0.5) is 0 Å². The molecule has 2 fully saturated rings. The van der Waals surface area contributed by atoms with E-state index in [4.69, 9.17) is 16.3 Å². The number of nitrogens with zero attached hydrogens (tertiary/aromatic N) is 2. The second kappa shape index (κ2) is 9.42. The van der Waals surface area contributed by atoms with E-state index in [1.54, 1.807) is 24.3 Å². The molecule has 2 aliphatic heterocycles. The van der Waals surface area contributed by atoms with E-state index in [1.807, 2.05) is 4.90 Å². The molecule has 2 amide bonds. The van der Waals surface area contributed by atoms with Crippen LogP contribution in [0.25, 0.3) is 0 Å². The van der Waals surface area contributed by atoms with Crippen LogP contribution in [0.1, 0.15) is 18.4 Å². The van der Waals surface area contributed by atoms with Crippen molar-refractivity contribution in [3.8, 4) is 0 Å². The highest BCUT2D eigenvalue weighted by Gasteiger charge is 2.45. The average molecular weight is 444 g/mol. The van der Waals surface area contributed by atoms with Gasteiger partial charge in [0.25, 0.3) is 5.91 Å². The maximum atomic E-state index is 12.9. The van der Waals surface area contributed by atoms with Crippen LogP contribution in [0.5, 0.6) is 0 Å². The highest BCUT2D eigenvalue weighted by atomic mass is 35.5. The Morgan fingerprint density at radius 2 is 2.03 bits per heavy atom. The third-order valence-electron chi connectivity index (χ3n) is 5.26. The molecule has 3 rings (SSSR count). The Bertz CT molecular complexity index is 846. The first-order valence-electron chi connectivity index (χ1n) is 9.61. The number of hydrogen-bond donors (Lipinski definition) is 1. The molecule has 8 nitrogen and oxygen atoms in total. The van der Waals surface area contributed by atoms with Gasteiger partial charge in [0.05, 0.1) is 18.2 Å². The molecule has 2 saturated heterocycles. The molecule has 1 N–H and O–H groups in total. The Hall–Kier alpha value is -1.68. The van der Waals surface area contributed by atoms with Crippen LogP contribution in [0, 0.1) is 0 Å². The molecule has 0 aromatic heterocycles. The van der Waals surface area contributed by atoms with Gasteiger partial charge in [0.1, 0.15) is 0 Å². The number of hydrogen-bond acceptors (Lipinski definition) is 6. The number of fused-ring (bicyclic) bond motifs is 1. The van der Waals surface area contributed by atoms with Crippen molar-refractivity contribution in [2.45, 2.75) is 31.3 Å². The van der Waals surface area contributed by atoms with Gasteiger partial charge in [-0.25, -0.2) is 12.7 Å². The van der Waals surface area contributed by atoms with Crippen molar-refractivity contribution < 1.29 is 22.7 Å². The number of benzene rings is 1. The Balaban J connectivity index is 1.61. The summed E-state index contributed by atoms with van der Waals surface area (Å²) in [6.07, 6.45) is 1.08. The van der Waals surface area contributed by atoms with E-state index in [-0.39, 0.29) is 37.2 Å². The van der Waals surface area contributed by atoms with E-state index in [2.05, 4.69) is 5.32 Å². The number of halogens is 1. The Morgan fingerprint density at radius 3 is 2.72 bits per heavy atom. The molecule has 10 heteroatoms. The fourth-order valence-corrected chi connectivity index (χ4v) is 5.44. The normalized spacial score (nSPS) is 24.2. The topological polar surface area (TPSA) is 96.0 Å². The molecule has 29 heavy (non-hydrogen) atoms. The third-order valence-corrected chi connectivity index (χ3v) is 7.24. The fourth-order valence-electron chi connectivity index (χ4n) is 3.83. The summed E-state index contributed by atoms with van der Waals surface area (Å²) in [5.74, 6) is -0.645.